The van der Waals surface area contributed by atoms with Crippen molar-refractivity contribution in [3.8, 4) is 0 Å². The fourth-order valence-corrected chi connectivity index (χ4v) is 3.13. The summed E-state index contributed by atoms with van der Waals surface area (Å²) in [5, 5.41) is 9.43. The van der Waals surface area contributed by atoms with Crippen LogP contribution in [0, 0.1) is 0 Å². The SMILES string of the molecule is CCCNC(=O)CN=C(NCC)NCC(c1ccco1)N1CCCCC1. The summed E-state index contributed by atoms with van der Waals surface area (Å²) in [6.07, 6.45) is 6.40. The quantitative estimate of drug-likeness (QED) is 0.461. The Hall–Kier alpha value is -2.02. The van der Waals surface area contributed by atoms with Crippen LogP contribution in [-0.2, 0) is 4.79 Å². The maximum Gasteiger partial charge on any atom is 0.241 e. The lowest BCUT2D eigenvalue weighted by molar-refractivity contribution is -0.119. The number of likely N-dealkylation sites (tertiary alicyclic amines) is 1. The van der Waals surface area contributed by atoms with Crippen LogP contribution in [0.3, 0.4) is 0 Å². The molecule has 0 radical (unpaired) electrons. The second-order valence-corrected chi connectivity index (χ2v) is 6.55. The lowest BCUT2D eigenvalue weighted by atomic mass is 10.1. The monoisotopic (exact) mass is 363 g/mol. The van der Waals surface area contributed by atoms with Crippen LogP contribution >= 0.6 is 0 Å². The molecule has 146 valence electrons. The number of rotatable bonds is 9. The Balaban J connectivity index is 1.95. The van der Waals surface area contributed by atoms with E-state index in [1.165, 1.54) is 19.3 Å². The Bertz CT molecular complexity index is 538. The van der Waals surface area contributed by atoms with Gasteiger partial charge in [-0.1, -0.05) is 13.3 Å². The largest absolute Gasteiger partial charge is 0.468 e. The lowest BCUT2D eigenvalue weighted by Crippen LogP contribution is -2.44. The van der Waals surface area contributed by atoms with Gasteiger partial charge in [-0.15, -0.1) is 0 Å². The number of guanidine groups is 1. The molecule has 1 aromatic heterocycles. The zero-order valence-electron chi connectivity index (χ0n) is 16.1. The highest BCUT2D eigenvalue weighted by Crippen LogP contribution is 2.24. The van der Waals surface area contributed by atoms with Crippen LogP contribution in [-0.4, -0.2) is 56.0 Å². The Morgan fingerprint density at radius 1 is 1.23 bits per heavy atom. The van der Waals surface area contributed by atoms with Crippen LogP contribution < -0.4 is 16.0 Å². The molecule has 7 nitrogen and oxygen atoms in total. The molecule has 0 aromatic carbocycles. The average molecular weight is 364 g/mol. The van der Waals surface area contributed by atoms with Crippen molar-refractivity contribution in [2.45, 2.75) is 45.6 Å². The standard InChI is InChI=1S/C19H33N5O2/c1-3-10-21-18(25)15-23-19(20-4-2)22-14-16(17-9-8-13-26-17)24-11-6-5-7-12-24/h8-9,13,16H,3-7,10-12,14-15H2,1-2H3,(H,21,25)(H2,20,22,23). The number of carbonyl (C=O) groups is 1. The molecular formula is C19H33N5O2. The first-order valence-corrected chi connectivity index (χ1v) is 9.81. The molecule has 1 unspecified atom stereocenters. The molecule has 2 rings (SSSR count). The van der Waals surface area contributed by atoms with Crippen molar-refractivity contribution < 1.29 is 9.21 Å². The van der Waals surface area contributed by atoms with Gasteiger partial charge in [-0.25, -0.2) is 4.99 Å². The van der Waals surface area contributed by atoms with E-state index in [4.69, 9.17) is 4.42 Å². The number of amides is 1. The summed E-state index contributed by atoms with van der Waals surface area (Å²) in [5.41, 5.74) is 0. The van der Waals surface area contributed by atoms with E-state index >= 15 is 0 Å². The van der Waals surface area contributed by atoms with Crippen molar-refractivity contribution in [2.75, 3.05) is 39.3 Å². The predicted molar refractivity (Wildman–Crippen MR) is 104 cm³/mol. The number of hydrogen-bond acceptors (Lipinski definition) is 4. The molecule has 1 aliphatic heterocycles. The van der Waals surface area contributed by atoms with Crippen LogP contribution in [0.15, 0.2) is 27.8 Å². The van der Waals surface area contributed by atoms with Crippen molar-refractivity contribution in [1.29, 1.82) is 0 Å². The Labute approximate surface area is 156 Å². The molecule has 7 heteroatoms. The van der Waals surface area contributed by atoms with Crippen LogP contribution in [0.4, 0.5) is 0 Å². The van der Waals surface area contributed by atoms with E-state index in [-0.39, 0.29) is 18.5 Å². The minimum atomic E-state index is -0.0531. The first-order valence-electron chi connectivity index (χ1n) is 9.81. The number of piperidine rings is 1. The van der Waals surface area contributed by atoms with Crippen LogP contribution in [0.2, 0.25) is 0 Å². The third-order valence-corrected chi connectivity index (χ3v) is 4.46. The number of nitrogens with one attached hydrogen (secondary N) is 3. The highest BCUT2D eigenvalue weighted by molar-refractivity contribution is 5.84. The maximum absolute atomic E-state index is 11.8. The fourth-order valence-electron chi connectivity index (χ4n) is 3.13. The average Bonchev–Trinajstić information content (AvgIpc) is 3.19. The Kier molecular flexibility index (Phi) is 9.03. The molecule has 2 heterocycles. The Morgan fingerprint density at radius 3 is 2.69 bits per heavy atom. The topological polar surface area (TPSA) is 81.9 Å². The molecular weight excluding hydrogens is 330 g/mol. The summed E-state index contributed by atoms with van der Waals surface area (Å²) in [7, 11) is 0. The highest BCUT2D eigenvalue weighted by Gasteiger charge is 2.24. The predicted octanol–water partition coefficient (Wildman–Crippen LogP) is 1.89. The van der Waals surface area contributed by atoms with Gasteiger partial charge in [0.05, 0.1) is 12.3 Å². The summed E-state index contributed by atoms with van der Waals surface area (Å²) < 4.78 is 5.68. The lowest BCUT2D eigenvalue weighted by Gasteiger charge is -2.33. The number of furan rings is 1. The van der Waals surface area contributed by atoms with E-state index < -0.39 is 0 Å². The number of nitrogens with zero attached hydrogens (tertiary/aromatic N) is 2. The van der Waals surface area contributed by atoms with Gasteiger partial charge in [-0.3, -0.25) is 9.69 Å². The molecule has 1 amide bonds. The number of hydrogen-bond donors (Lipinski definition) is 3. The summed E-state index contributed by atoms with van der Waals surface area (Å²) in [5.74, 6) is 1.58. The molecule has 1 aliphatic rings. The van der Waals surface area contributed by atoms with Crippen LogP contribution in [0.25, 0.3) is 0 Å². The van der Waals surface area contributed by atoms with Gasteiger partial charge in [0.15, 0.2) is 5.96 Å². The van der Waals surface area contributed by atoms with Gasteiger partial charge in [0.2, 0.25) is 5.91 Å². The molecule has 0 aliphatic carbocycles. The van der Waals surface area contributed by atoms with Crippen LogP contribution in [0.5, 0.6) is 0 Å². The third-order valence-electron chi connectivity index (χ3n) is 4.46. The molecule has 26 heavy (non-hydrogen) atoms. The van der Waals surface area contributed by atoms with Gasteiger partial charge < -0.3 is 20.4 Å². The van der Waals surface area contributed by atoms with E-state index in [0.717, 1.165) is 31.8 Å². The van der Waals surface area contributed by atoms with Gasteiger partial charge in [-0.05, 0) is 51.4 Å². The first kappa shape index (κ1) is 20.3. The summed E-state index contributed by atoms with van der Waals surface area (Å²) in [4.78, 5) is 18.6. The zero-order chi connectivity index (χ0) is 18.6. The molecule has 1 fully saturated rings. The zero-order valence-corrected chi connectivity index (χ0v) is 16.1. The van der Waals surface area contributed by atoms with E-state index in [0.29, 0.717) is 19.0 Å². The smallest absolute Gasteiger partial charge is 0.241 e. The molecule has 0 saturated carbocycles. The molecule has 1 saturated heterocycles. The fraction of sp³-hybridized carbons (Fsp3) is 0.684. The third kappa shape index (κ3) is 6.71. The summed E-state index contributed by atoms with van der Waals surface area (Å²) in [6.45, 7) is 8.47. The van der Waals surface area contributed by atoms with E-state index in [1.54, 1.807) is 6.26 Å². The number of aliphatic imine (C=N–C) groups is 1. The van der Waals surface area contributed by atoms with Gasteiger partial charge >= 0.3 is 0 Å². The summed E-state index contributed by atoms with van der Waals surface area (Å²) in [6, 6.07) is 4.13. The molecule has 0 spiro atoms. The van der Waals surface area contributed by atoms with E-state index in [1.807, 2.05) is 26.0 Å². The van der Waals surface area contributed by atoms with Gasteiger partial charge in [0, 0.05) is 19.6 Å². The highest BCUT2D eigenvalue weighted by atomic mass is 16.3. The first-order chi connectivity index (χ1) is 12.7. The van der Waals surface area contributed by atoms with Crippen LogP contribution in [0.1, 0.15) is 51.3 Å². The van der Waals surface area contributed by atoms with Crippen molar-refractivity contribution in [3.63, 3.8) is 0 Å². The molecule has 1 atom stereocenters. The van der Waals surface area contributed by atoms with Crippen molar-refractivity contribution in [1.82, 2.24) is 20.9 Å². The van der Waals surface area contributed by atoms with E-state index in [9.17, 15) is 4.79 Å². The second-order valence-electron chi connectivity index (χ2n) is 6.55. The van der Waals surface area contributed by atoms with Gasteiger partial charge in [-0.2, -0.15) is 0 Å². The minimum Gasteiger partial charge on any atom is -0.468 e. The number of carbonyl (C=O) groups excluding carboxylic acids is 1. The van der Waals surface area contributed by atoms with Gasteiger partial charge in [0.1, 0.15) is 12.3 Å². The molecule has 0 bridgehead atoms. The summed E-state index contributed by atoms with van der Waals surface area (Å²) >= 11 is 0. The second kappa shape index (κ2) is 11.6. The normalized spacial score (nSPS) is 16.9. The van der Waals surface area contributed by atoms with Crippen molar-refractivity contribution >= 4 is 11.9 Å². The van der Waals surface area contributed by atoms with Crippen molar-refractivity contribution in [2.24, 2.45) is 4.99 Å². The van der Waals surface area contributed by atoms with Gasteiger partial charge in [0.25, 0.3) is 0 Å². The molecule has 3 N–H and O–H groups in total. The van der Waals surface area contributed by atoms with Crippen molar-refractivity contribution in [3.05, 3.63) is 24.2 Å². The molecule has 1 aromatic rings. The maximum atomic E-state index is 11.8. The Morgan fingerprint density at radius 2 is 2.04 bits per heavy atom. The minimum absolute atomic E-state index is 0.0531. The van der Waals surface area contributed by atoms with E-state index in [2.05, 4.69) is 25.8 Å².